The number of hydrogen-bond acceptors (Lipinski definition) is 4. The van der Waals surface area contributed by atoms with Gasteiger partial charge in [0.25, 0.3) is 0 Å². The molecule has 0 fully saturated rings. The Kier molecular flexibility index (Phi) is 7.69. The number of carbonyl (C=O) groups is 1. The van der Waals surface area contributed by atoms with Crippen molar-refractivity contribution < 1.29 is 19.4 Å². The number of aliphatic carboxylic acids is 1. The van der Waals surface area contributed by atoms with Crippen molar-refractivity contribution in [3.63, 3.8) is 0 Å². The Bertz CT molecular complexity index is 764. The van der Waals surface area contributed by atoms with Gasteiger partial charge >= 0.3 is 5.97 Å². The van der Waals surface area contributed by atoms with Crippen molar-refractivity contribution in [2.45, 2.75) is 12.6 Å². The Morgan fingerprint density at radius 1 is 1.19 bits per heavy atom. The van der Waals surface area contributed by atoms with Crippen molar-refractivity contribution in [3.05, 3.63) is 65.7 Å². The summed E-state index contributed by atoms with van der Waals surface area (Å²) < 4.78 is 11.2. The molecule has 0 radical (unpaired) electrons. The van der Waals surface area contributed by atoms with Gasteiger partial charge in [-0.2, -0.15) is 0 Å². The number of rotatable bonds is 8. The van der Waals surface area contributed by atoms with Crippen LogP contribution in [0, 0.1) is 11.8 Å². The summed E-state index contributed by atoms with van der Waals surface area (Å²) in [5.74, 6) is 4.43. The van der Waals surface area contributed by atoms with Crippen LogP contribution >= 0.6 is 0 Å². The van der Waals surface area contributed by atoms with E-state index in [0.29, 0.717) is 19.8 Å². The first-order valence-electron chi connectivity index (χ1n) is 8.28. The lowest BCUT2D eigenvalue weighted by Gasteiger charge is -2.26. The van der Waals surface area contributed by atoms with Gasteiger partial charge in [-0.25, -0.2) is 4.79 Å². The van der Waals surface area contributed by atoms with Crippen LogP contribution in [0.25, 0.3) is 0 Å². The number of ether oxygens (including phenoxy) is 2. The molecule has 1 atom stereocenters. The van der Waals surface area contributed by atoms with Crippen molar-refractivity contribution in [2.75, 3.05) is 27.3 Å². The fraction of sp³-hybridized carbons (Fsp3) is 0.286. The first-order chi connectivity index (χ1) is 12.6. The number of hydrogen-bond donors (Lipinski definition) is 1. The highest BCUT2D eigenvalue weighted by Gasteiger charge is 2.17. The van der Waals surface area contributed by atoms with Gasteiger partial charge in [-0.15, -0.1) is 0 Å². The van der Waals surface area contributed by atoms with E-state index in [2.05, 4.69) is 11.8 Å². The third-order valence-electron chi connectivity index (χ3n) is 3.87. The molecule has 0 amide bonds. The highest BCUT2D eigenvalue weighted by molar-refractivity contribution is 5.86. The summed E-state index contributed by atoms with van der Waals surface area (Å²) in [6.45, 7) is 1.29. The van der Waals surface area contributed by atoms with E-state index in [0.717, 1.165) is 16.9 Å². The smallest absolute Gasteiger partial charge is 0.381 e. The van der Waals surface area contributed by atoms with Gasteiger partial charge in [0.05, 0.1) is 19.2 Å². The first kappa shape index (κ1) is 19.5. The van der Waals surface area contributed by atoms with Crippen molar-refractivity contribution in [1.82, 2.24) is 4.90 Å². The molecule has 0 saturated carbocycles. The van der Waals surface area contributed by atoms with Gasteiger partial charge in [0.1, 0.15) is 12.4 Å². The topological polar surface area (TPSA) is 59.0 Å². The average Bonchev–Trinajstić information content (AvgIpc) is 2.65. The molecule has 2 aromatic rings. The molecule has 0 heterocycles. The van der Waals surface area contributed by atoms with Crippen LogP contribution in [0.3, 0.4) is 0 Å². The fourth-order valence-corrected chi connectivity index (χ4v) is 2.54. The van der Waals surface area contributed by atoms with Crippen molar-refractivity contribution >= 4 is 5.97 Å². The molecule has 0 aliphatic rings. The minimum atomic E-state index is -1.13. The summed E-state index contributed by atoms with van der Waals surface area (Å²) in [6, 6.07) is 17.8. The number of benzene rings is 2. The number of carboxylic acids is 1. The quantitative estimate of drug-likeness (QED) is 0.740. The second-order valence-electron chi connectivity index (χ2n) is 5.84. The molecule has 0 saturated heterocycles. The molecule has 1 unspecified atom stereocenters. The van der Waals surface area contributed by atoms with Gasteiger partial charge < -0.3 is 14.6 Å². The molecule has 0 aliphatic carbocycles. The van der Waals surface area contributed by atoms with E-state index in [4.69, 9.17) is 14.6 Å². The van der Waals surface area contributed by atoms with E-state index in [1.54, 1.807) is 7.11 Å². The van der Waals surface area contributed by atoms with E-state index < -0.39 is 5.97 Å². The molecule has 1 N–H and O–H groups in total. The summed E-state index contributed by atoms with van der Waals surface area (Å²) in [4.78, 5) is 12.5. The highest BCUT2D eigenvalue weighted by atomic mass is 16.5. The van der Waals surface area contributed by atoms with Crippen LogP contribution < -0.4 is 4.74 Å². The number of carboxylic acid groups (broad SMARTS) is 1. The maximum atomic E-state index is 10.5. The first-order valence-corrected chi connectivity index (χ1v) is 8.28. The molecular weight excluding hydrogens is 330 g/mol. The molecule has 26 heavy (non-hydrogen) atoms. The van der Waals surface area contributed by atoms with E-state index in [1.807, 2.05) is 66.5 Å². The summed E-state index contributed by atoms with van der Waals surface area (Å²) in [6.07, 6.45) is 0. The molecule has 0 spiro atoms. The second kappa shape index (κ2) is 10.2. The molecule has 5 nitrogen and oxygen atoms in total. The number of nitrogens with zero attached hydrogens (tertiary/aromatic N) is 1. The van der Waals surface area contributed by atoms with Gasteiger partial charge in [0.2, 0.25) is 0 Å². The molecule has 0 bridgehead atoms. The maximum absolute atomic E-state index is 10.5. The van der Waals surface area contributed by atoms with Crippen LogP contribution in [0.15, 0.2) is 54.6 Å². The molecule has 136 valence electrons. The number of methoxy groups -OCH3 is 1. The molecule has 0 aromatic heterocycles. The van der Waals surface area contributed by atoms with Crippen molar-refractivity contribution in [1.29, 1.82) is 0 Å². The van der Waals surface area contributed by atoms with E-state index in [-0.39, 0.29) is 6.04 Å². The summed E-state index contributed by atoms with van der Waals surface area (Å²) in [5, 5.41) is 8.64. The van der Waals surface area contributed by atoms with Crippen LogP contribution in [0.5, 0.6) is 5.75 Å². The molecule has 0 aliphatic heterocycles. The second-order valence-corrected chi connectivity index (χ2v) is 5.84. The van der Waals surface area contributed by atoms with Crippen molar-refractivity contribution in [2.24, 2.45) is 0 Å². The molecular formula is C21H23NO4. The summed E-state index contributed by atoms with van der Waals surface area (Å²) >= 11 is 0. The van der Waals surface area contributed by atoms with Crippen LogP contribution in [0.4, 0.5) is 0 Å². The highest BCUT2D eigenvalue weighted by Crippen LogP contribution is 2.24. The van der Waals surface area contributed by atoms with Crippen LogP contribution in [-0.2, 0) is 16.1 Å². The zero-order valence-corrected chi connectivity index (χ0v) is 15.0. The average molecular weight is 353 g/mol. The van der Waals surface area contributed by atoms with Gasteiger partial charge in [0.15, 0.2) is 0 Å². The van der Waals surface area contributed by atoms with Gasteiger partial charge in [-0.3, -0.25) is 4.90 Å². The van der Waals surface area contributed by atoms with Crippen LogP contribution in [0.2, 0.25) is 0 Å². The Morgan fingerprint density at radius 3 is 2.65 bits per heavy atom. The van der Waals surface area contributed by atoms with Gasteiger partial charge in [-0.1, -0.05) is 48.4 Å². The Labute approximate surface area is 154 Å². The lowest BCUT2D eigenvalue weighted by Crippen LogP contribution is -2.28. The third kappa shape index (κ3) is 6.25. The largest absolute Gasteiger partial charge is 0.489 e. The lowest BCUT2D eigenvalue weighted by molar-refractivity contribution is -0.130. The lowest BCUT2D eigenvalue weighted by atomic mass is 10.1. The molecule has 2 rings (SSSR count). The minimum Gasteiger partial charge on any atom is -0.489 e. The Balaban J connectivity index is 2.08. The monoisotopic (exact) mass is 353 g/mol. The predicted octanol–water partition coefficient (Wildman–Crippen LogP) is 2.97. The predicted molar refractivity (Wildman–Crippen MR) is 99.9 cm³/mol. The van der Waals surface area contributed by atoms with E-state index >= 15 is 0 Å². The number of likely N-dealkylation sites (N-methyl/N-ethyl adjacent to an activating group) is 1. The summed E-state index contributed by atoms with van der Waals surface area (Å²) in [7, 11) is 3.53. The van der Waals surface area contributed by atoms with E-state index in [1.165, 1.54) is 0 Å². The third-order valence-corrected chi connectivity index (χ3v) is 3.87. The SMILES string of the molecule is COCC(c1cccc(OCc2ccccc2)c1)N(C)CC#CC(=O)O. The molecule has 2 aromatic carbocycles. The van der Waals surface area contributed by atoms with Crippen LogP contribution in [0.1, 0.15) is 17.2 Å². The zero-order valence-electron chi connectivity index (χ0n) is 15.0. The zero-order chi connectivity index (χ0) is 18.8. The Hall–Kier alpha value is -2.81. The minimum absolute atomic E-state index is 0.0524. The normalized spacial score (nSPS) is 11.5. The van der Waals surface area contributed by atoms with Gasteiger partial charge in [0, 0.05) is 13.0 Å². The maximum Gasteiger partial charge on any atom is 0.381 e. The Morgan fingerprint density at radius 2 is 1.96 bits per heavy atom. The van der Waals surface area contributed by atoms with E-state index in [9.17, 15) is 4.79 Å². The standard InChI is InChI=1S/C21H23NO4/c1-22(13-7-12-21(23)24)20(16-25-2)18-10-6-11-19(14-18)26-15-17-8-4-3-5-9-17/h3-6,8-11,14,20H,13,15-16H2,1-2H3,(H,23,24). The molecule has 5 heteroatoms. The van der Waals surface area contributed by atoms with Crippen molar-refractivity contribution in [3.8, 4) is 17.6 Å². The summed E-state index contributed by atoms with van der Waals surface area (Å²) in [5.41, 5.74) is 2.13. The van der Waals surface area contributed by atoms with Crippen LogP contribution in [-0.4, -0.2) is 43.3 Å². The van der Waals surface area contributed by atoms with Gasteiger partial charge in [-0.05, 0) is 30.3 Å². The fourth-order valence-electron chi connectivity index (χ4n) is 2.54.